The molecule has 0 saturated carbocycles. The van der Waals surface area contributed by atoms with E-state index in [1.165, 1.54) is 11.1 Å². The maximum atomic E-state index is 11.1. The molecule has 0 amide bonds. The van der Waals surface area contributed by atoms with Crippen molar-refractivity contribution in [1.82, 2.24) is 0 Å². The van der Waals surface area contributed by atoms with Crippen LogP contribution in [0.3, 0.4) is 0 Å². The first-order valence-electron chi connectivity index (χ1n) is 5.34. The Kier molecular flexibility index (Phi) is 3.87. The average Bonchev–Trinajstić information content (AvgIpc) is 2.64. The van der Waals surface area contributed by atoms with Gasteiger partial charge in [0.1, 0.15) is 5.78 Å². The van der Waals surface area contributed by atoms with Gasteiger partial charge in [0.15, 0.2) is 0 Å². The predicted octanol–water partition coefficient (Wildman–Crippen LogP) is 3.02. The monoisotopic (exact) mass is 190 g/mol. The average molecular weight is 190 g/mol. The van der Waals surface area contributed by atoms with E-state index < -0.39 is 0 Å². The molecule has 0 heterocycles. The quantitative estimate of drug-likeness (QED) is 0.665. The Morgan fingerprint density at radius 2 is 1.57 bits per heavy atom. The lowest BCUT2D eigenvalue weighted by atomic mass is 10.0. The molecule has 0 radical (unpaired) electrons. The largest absolute Gasteiger partial charge is 0.300 e. The molecule has 1 aliphatic carbocycles. The lowest BCUT2D eigenvalue weighted by molar-refractivity contribution is -0.120. The van der Waals surface area contributed by atoms with Gasteiger partial charge in [0.25, 0.3) is 0 Å². The third kappa shape index (κ3) is 2.22. The van der Waals surface area contributed by atoms with Gasteiger partial charge in [-0.15, -0.1) is 0 Å². The summed E-state index contributed by atoms with van der Waals surface area (Å²) in [4.78, 5) is 11.1. The van der Waals surface area contributed by atoms with Crippen molar-refractivity contribution in [2.75, 3.05) is 0 Å². The normalized spacial score (nSPS) is 14.2. The lowest BCUT2D eigenvalue weighted by Crippen LogP contribution is -2.09. The predicted molar refractivity (Wildman–Crippen MR) is 59.4 cm³/mol. The van der Waals surface area contributed by atoms with Crippen molar-refractivity contribution >= 4 is 5.78 Å². The highest BCUT2D eigenvalue weighted by molar-refractivity contribution is 5.79. The summed E-state index contributed by atoms with van der Waals surface area (Å²) in [5.74, 6) is 0.577. The highest BCUT2D eigenvalue weighted by Crippen LogP contribution is 2.26. The van der Waals surface area contributed by atoms with E-state index in [0.29, 0.717) is 5.78 Å². The Bertz CT molecular complexity index is 290. The van der Waals surface area contributed by atoms with Crippen LogP contribution in [-0.4, -0.2) is 5.78 Å². The SMILES string of the molecule is CC.CC(=O)C1Cc2ccccc2C1. The van der Waals surface area contributed by atoms with E-state index in [2.05, 4.69) is 12.1 Å². The molecule has 1 aliphatic rings. The van der Waals surface area contributed by atoms with Gasteiger partial charge in [-0.25, -0.2) is 0 Å². The second kappa shape index (κ2) is 4.94. The molecule has 14 heavy (non-hydrogen) atoms. The van der Waals surface area contributed by atoms with Crippen LogP contribution in [0, 0.1) is 5.92 Å². The van der Waals surface area contributed by atoms with Gasteiger partial charge < -0.3 is 0 Å². The van der Waals surface area contributed by atoms with Crippen molar-refractivity contribution in [2.45, 2.75) is 33.6 Å². The van der Waals surface area contributed by atoms with Gasteiger partial charge in [-0.3, -0.25) is 4.79 Å². The highest BCUT2D eigenvalue weighted by atomic mass is 16.1. The Balaban J connectivity index is 0.000000461. The van der Waals surface area contributed by atoms with Gasteiger partial charge in [-0.2, -0.15) is 0 Å². The molecule has 0 bridgehead atoms. The van der Waals surface area contributed by atoms with Gasteiger partial charge in [-0.05, 0) is 30.9 Å². The molecule has 2 rings (SSSR count). The number of Topliss-reactive ketones (excluding diaryl/α,β-unsaturated/α-hetero) is 1. The minimum absolute atomic E-state index is 0.252. The minimum Gasteiger partial charge on any atom is -0.300 e. The smallest absolute Gasteiger partial charge is 0.133 e. The van der Waals surface area contributed by atoms with E-state index in [9.17, 15) is 4.79 Å². The number of fused-ring (bicyclic) bond motifs is 1. The Morgan fingerprint density at radius 3 is 1.93 bits per heavy atom. The van der Waals surface area contributed by atoms with E-state index in [0.717, 1.165) is 12.8 Å². The van der Waals surface area contributed by atoms with Crippen LogP contribution in [0.4, 0.5) is 0 Å². The summed E-state index contributed by atoms with van der Waals surface area (Å²) in [5, 5.41) is 0. The zero-order valence-electron chi connectivity index (χ0n) is 9.21. The minimum atomic E-state index is 0.252. The molecule has 1 heteroatoms. The summed E-state index contributed by atoms with van der Waals surface area (Å²) < 4.78 is 0. The van der Waals surface area contributed by atoms with Gasteiger partial charge >= 0.3 is 0 Å². The second-order valence-corrected chi connectivity index (χ2v) is 3.48. The summed E-state index contributed by atoms with van der Waals surface area (Å²) in [5.41, 5.74) is 2.72. The van der Waals surface area contributed by atoms with Crippen LogP contribution in [0.1, 0.15) is 31.9 Å². The maximum Gasteiger partial charge on any atom is 0.133 e. The van der Waals surface area contributed by atoms with Crippen LogP contribution >= 0.6 is 0 Å². The van der Waals surface area contributed by atoms with E-state index >= 15 is 0 Å². The topological polar surface area (TPSA) is 17.1 Å². The zero-order valence-corrected chi connectivity index (χ0v) is 9.21. The van der Waals surface area contributed by atoms with Crippen LogP contribution in [0.15, 0.2) is 24.3 Å². The summed E-state index contributed by atoms with van der Waals surface area (Å²) in [7, 11) is 0. The van der Waals surface area contributed by atoms with Gasteiger partial charge in [-0.1, -0.05) is 38.1 Å². The van der Waals surface area contributed by atoms with Gasteiger partial charge in [0, 0.05) is 5.92 Å². The van der Waals surface area contributed by atoms with Crippen molar-refractivity contribution in [3.63, 3.8) is 0 Å². The van der Waals surface area contributed by atoms with Crippen molar-refractivity contribution in [2.24, 2.45) is 5.92 Å². The molecule has 0 N–H and O–H groups in total. The summed E-state index contributed by atoms with van der Waals surface area (Å²) in [6.07, 6.45) is 1.90. The Hall–Kier alpha value is -1.11. The molecule has 0 saturated heterocycles. The number of carbonyl (C=O) groups excluding carboxylic acids is 1. The van der Waals surface area contributed by atoms with Gasteiger partial charge in [0.05, 0.1) is 0 Å². The number of benzene rings is 1. The van der Waals surface area contributed by atoms with Crippen LogP contribution < -0.4 is 0 Å². The van der Waals surface area contributed by atoms with Crippen LogP contribution in [0.25, 0.3) is 0 Å². The van der Waals surface area contributed by atoms with E-state index in [-0.39, 0.29) is 5.92 Å². The third-order valence-electron chi connectivity index (χ3n) is 2.63. The lowest BCUT2D eigenvalue weighted by Gasteiger charge is -2.00. The summed E-state index contributed by atoms with van der Waals surface area (Å²) >= 11 is 0. The molecule has 0 aliphatic heterocycles. The first kappa shape index (κ1) is 11.0. The molecule has 0 aromatic heterocycles. The molecule has 0 atom stereocenters. The van der Waals surface area contributed by atoms with E-state index in [1.54, 1.807) is 6.92 Å². The number of rotatable bonds is 1. The number of hydrogen-bond acceptors (Lipinski definition) is 1. The molecule has 0 spiro atoms. The highest BCUT2D eigenvalue weighted by Gasteiger charge is 2.23. The fourth-order valence-electron chi connectivity index (χ4n) is 1.85. The fraction of sp³-hybridized carbons (Fsp3) is 0.462. The summed E-state index contributed by atoms with van der Waals surface area (Å²) in [6.45, 7) is 5.69. The van der Waals surface area contributed by atoms with Crippen LogP contribution in [0.2, 0.25) is 0 Å². The molecular formula is C13H18O. The van der Waals surface area contributed by atoms with Gasteiger partial charge in [0.2, 0.25) is 0 Å². The molecule has 76 valence electrons. The molecule has 1 aromatic carbocycles. The van der Waals surface area contributed by atoms with Crippen molar-refractivity contribution in [1.29, 1.82) is 0 Å². The number of carbonyl (C=O) groups is 1. The molecule has 0 unspecified atom stereocenters. The van der Waals surface area contributed by atoms with Crippen molar-refractivity contribution < 1.29 is 4.79 Å². The molecule has 1 aromatic rings. The Morgan fingerprint density at radius 1 is 1.14 bits per heavy atom. The third-order valence-corrected chi connectivity index (χ3v) is 2.63. The second-order valence-electron chi connectivity index (χ2n) is 3.48. The molecule has 0 fully saturated rings. The molecule has 1 nitrogen and oxygen atoms in total. The summed E-state index contributed by atoms with van der Waals surface area (Å²) in [6, 6.07) is 8.33. The Labute approximate surface area is 86.1 Å². The van der Waals surface area contributed by atoms with E-state index in [4.69, 9.17) is 0 Å². The zero-order chi connectivity index (χ0) is 10.6. The fourth-order valence-corrected chi connectivity index (χ4v) is 1.85. The van der Waals surface area contributed by atoms with Crippen LogP contribution in [0.5, 0.6) is 0 Å². The first-order chi connectivity index (χ1) is 6.77. The van der Waals surface area contributed by atoms with E-state index in [1.807, 2.05) is 26.0 Å². The number of hydrogen-bond donors (Lipinski definition) is 0. The standard InChI is InChI=1S/C11H12O.C2H6/c1-8(12)11-6-9-4-2-3-5-10(9)7-11;1-2/h2-5,11H,6-7H2,1H3;1-2H3. The van der Waals surface area contributed by atoms with Crippen molar-refractivity contribution in [3.8, 4) is 0 Å². The molecular weight excluding hydrogens is 172 g/mol. The van der Waals surface area contributed by atoms with Crippen LogP contribution in [-0.2, 0) is 17.6 Å². The van der Waals surface area contributed by atoms with Crippen molar-refractivity contribution in [3.05, 3.63) is 35.4 Å². The number of ketones is 1. The first-order valence-corrected chi connectivity index (χ1v) is 5.34. The maximum absolute atomic E-state index is 11.1.